The lowest BCUT2D eigenvalue weighted by Crippen LogP contribution is -2.46. The predicted octanol–water partition coefficient (Wildman–Crippen LogP) is 4.98. The summed E-state index contributed by atoms with van der Waals surface area (Å²) in [4.78, 5) is 19.6. The van der Waals surface area contributed by atoms with Gasteiger partial charge in [-0.05, 0) is 50.5 Å². The van der Waals surface area contributed by atoms with Gasteiger partial charge in [-0.15, -0.1) is 0 Å². The molecule has 2 aromatic carbocycles. The van der Waals surface area contributed by atoms with Crippen LogP contribution in [0.15, 0.2) is 53.5 Å². The molecule has 0 unspecified atom stereocenters. The Kier molecular flexibility index (Phi) is 6.45. The highest BCUT2D eigenvalue weighted by atomic mass is 32.2. The molecule has 0 bridgehead atoms. The molecule has 0 aromatic heterocycles. The standard InChI is InChI=1S/C23H28N2O2S/c1-17-10-11-18(2)20(14-17)27-13-12-21(26)25-22(28-16-23(25,3)4)24-15-19-8-6-5-7-9-19/h5-11,14H,12-13,15-16H2,1-4H3. The van der Waals surface area contributed by atoms with Crippen LogP contribution in [0.25, 0.3) is 0 Å². The molecule has 2 aromatic rings. The molecule has 1 aliphatic heterocycles. The largest absolute Gasteiger partial charge is 0.493 e. The van der Waals surface area contributed by atoms with Gasteiger partial charge in [-0.25, -0.2) is 0 Å². The van der Waals surface area contributed by atoms with Crippen LogP contribution in [-0.2, 0) is 11.3 Å². The lowest BCUT2D eigenvalue weighted by Gasteiger charge is -2.30. The number of amides is 1. The third-order valence-corrected chi connectivity index (χ3v) is 6.18. The highest BCUT2D eigenvalue weighted by Crippen LogP contribution is 2.33. The van der Waals surface area contributed by atoms with Gasteiger partial charge in [0, 0.05) is 5.75 Å². The summed E-state index contributed by atoms with van der Waals surface area (Å²) in [5.41, 5.74) is 3.14. The quantitative estimate of drug-likeness (QED) is 0.691. The molecule has 0 atom stereocenters. The molecule has 148 valence electrons. The molecule has 4 nitrogen and oxygen atoms in total. The van der Waals surface area contributed by atoms with Crippen molar-refractivity contribution in [3.63, 3.8) is 0 Å². The molecule has 0 aliphatic carbocycles. The van der Waals surface area contributed by atoms with Crippen LogP contribution in [0.5, 0.6) is 5.75 Å². The van der Waals surface area contributed by atoms with Gasteiger partial charge < -0.3 is 4.74 Å². The van der Waals surface area contributed by atoms with E-state index < -0.39 is 0 Å². The Morgan fingerprint density at radius 3 is 2.68 bits per heavy atom. The Balaban J connectivity index is 1.64. The molecular weight excluding hydrogens is 368 g/mol. The summed E-state index contributed by atoms with van der Waals surface area (Å²) in [6.07, 6.45) is 0.335. The molecule has 1 saturated heterocycles. The van der Waals surface area contributed by atoms with Crippen LogP contribution < -0.4 is 4.74 Å². The number of aryl methyl sites for hydroxylation is 2. The van der Waals surface area contributed by atoms with Gasteiger partial charge in [0.1, 0.15) is 5.75 Å². The molecule has 28 heavy (non-hydrogen) atoms. The average molecular weight is 397 g/mol. The molecule has 0 radical (unpaired) electrons. The number of ether oxygens (including phenoxy) is 1. The Labute approximate surface area is 172 Å². The van der Waals surface area contributed by atoms with Gasteiger partial charge in [0.05, 0.1) is 25.1 Å². The molecule has 0 N–H and O–H groups in total. The minimum absolute atomic E-state index is 0.0621. The minimum Gasteiger partial charge on any atom is -0.493 e. The molecule has 1 aliphatic rings. The van der Waals surface area contributed by atoms with Crippen molar-refractivity contribution >= 4 is 22.8 Å². The van der Waals surface area contributed by atoms with Crippen LogP contribution in [-0.4, -0.2) is 33.9 Å². The van der Waals surface area contributed by atoms with E-state index in [0.717, 1.165) is 33.4 Å². The molecule has 1 fully saturated rings. The zero-order valence-electron chi connectivity index (χ0n) is 17.1. The molecular formula is C23H28N2O2S. The van der Waals surface area contributed by atoms with Crippen molar-refractivity contribution in [3.8, 4) is 5.75 Å². The summed E-state index contributed by atoms with van der Waals surface area (Å²) in [5.74, 6) is 1.76. The number of hydrogen-bond donors (Lipinski definition) is 0. The summed E-state index contributed by atoms with van der Waals surface area (Å²) in [7, 11) is 0. The fraction of sp³-hybridized carbons (Fsp3) is 0.391. The number of amidine groups is 1. The molecule has 0 spiro atoms. The van der Waals surface area contributed by atoms with E-state index in [9.17, 15) is 4.79 Å². The maximum absolute atomic E-state index is 13.0. The van der Waals surface area contributed by atoms with Crippen molar-refractivity contribution in [2.45, 2.75) is 46.2 Å². The number of nitrogens with zero attached hydrogens (tertiary/aromatic N) is 2. The number of aliphatic imine (C=N–C) groups is 1. The Morgan fingerprint density at radius 2 is 1.93 bits per heavy atom. The minimum atomic E-state index is -0.240. The number of thioether (sulfide) groups is 1. The van der Waals surface area contributed by atoms with Gasteiger partial charge in [-0.1, -0.05) is 54.2 Å². The first-order valence-corrected chi connectivity index (χ1v) is 10.6. The van der Waals surface area contributed by atoms with E-state index in [2.05, 4.69) is 32.0 Å². The van der Waals surface area contributed by atoms with E-state index in [1.165, 1.54) is 0 Å². The van der Waals surface area contributed by atoms with E-state index in [1.807, 2.05) is 49.1 Å². The van der Waals surface area contributed by atoms with Crippen molar-refractivity contribution in [1.29, 1.82) is 0 Å². The summed E-state index contributed by atoms with van der Waals surface area (Å²) < 4.78 is 5.89. The highest BCUT2D eigenvalue weighted by Gasteiger charge is 2.40. The number of benzene rings is 2. The van der Waals surface area contributed by atoms with E-state index in [0.29, 0.717) is 19.6 Å². The predicted molar refractivity (Wildman–Crippen MR) is 117 cm³/mol. The third-order valence-electron chi connectivity index (χ3n) is 4.76. The van der Waals surface area contributed by atoms with Crippen molar-refractivity contribution < 1.29 is 9.53 Å². The van der Waals surface area contributed by atoms with Gasteiger partial charge in [0.25, 0.3) is 0 Å². The van der Waals surface area contributed by atoms with Gasteiger partial charge >= 0.3 is 0 Å². The highest BCUT2D eigenvalue weighted by molar-refractivity contribution is 8.14. The molecule has 1 amide bonds. The fourth-order valence-corrected chi connectivity index (χ4v) is 4.40. The summed E-state index contributed by atoms with van der Waals surface area (Å²) >= 11 is 1.65. The first kappa shape index (κ1) is 20.5. The topological polar surface area (TPSA) is 41.9 Å². The summed E-state index contributed by atoms with van der Waals surface area (Å²) in [6.45, 7) is 9.19. The summed E-state index contributed by atoms with van der Waals surface area (Å²) in [5, 5.41) is 0.811. The van der Waals surface area contributed by atoms with E-state index in [1.54, 1.807) is 11.8 Å². The van der Waals surface area contributed by atoms with Crippen molar-refractivity contribution in [3.05, 3.63) is 65.2 Å². The Morgan fingerprint density at radius 1 is 1.18 bits per heavy atom. The second kappa shape index (κ2) is 8.82. The first-order chi connectivity index (χ1) is 13.4. The van der Waals surface area contributed by atoms with Gasteiger partial charge in [-0.2, -0.15) is 0 Å². The average Bonchev–Trinajstić information content (AvgIpc) is 2.98. The third kappa shape index (κ3) is 4.96. The molecule has 3 rings (SSSR count). The van der Waals surface area contributed by atoms with Crippen LogP contribution in [0.3, 0.4) is 0 Å². The first-order valence-electron chi connectivity index (χ1n) is 9.61. The van der Waals surface area contributed by atoms with Crippen molar-refractivity contribution in [1.82, 2.24) is 4.90 Å². The monoisotopic (exact) mass is 396 g/mol. The maximum Gasteiger partial charge on any atom is 0.232 e. The number of hydrogen-bond acceptors (Lipinski definition) is 4. The lowest BCUT2D eigenvalue weighted by molar-refractivity contribution is -0.130. The van der Waals surface area contributed by atoms with Gasteiger partial charge in [0.2, 0.25) is 5.91 Å². The van der Waals surface area contributed by atoms with E-state index in [-0.39, 0.29) is 11.4 Å². The van der Waals surface area contributed by atoms with E-state index >= 15 is 0 Å². The second-order valence-corrected chi connectivity index (χ2v) is 8.72. The van der Waals surface area contributed by atoms with Crippen LogP contribution in [0.1, 0.15) is 37.0 Å². The lowest BCUT2D eigenvalue weighted by atomic mass is 10.1. The van der Waals surface area contributed by atoms with Crippen LogP contribution in [0.4, 0.5) is 0 Å². The Bertz CT molecular complexity index is 862. The number of rotatable bonds is 6. The van der Waals surface area contributed by atoms with Gasteiger partial charge in [-0.3, -0.25) is 14.7 Å². The Hall–Kier alpha value is -2.27. The van der Waals surface area contributed by atoms with Crippen LogP contribution >= 0.6 is 11.8 Å². The molecule has 0 saturated carbocycles. The van der Waals surface area contributed by atoms with Gasteiger partial charge in [0.15, 0.2) is 5.17 Å². The number of carbonyl (C=O) groups is 1. The van der Waals surface area contributed by atoms with Crippen molar-refractivity contribution in [2.24, 2.45) is 4.99 Å². The summed E-state index contributed by atoms with van der Waals surface area (Å²) in [6, 6.07) is 16.2. The number of carbonyl (C=O) groups excluding carboxylic acids is 1. The zero-order chi connectivity index (χ0) is 20.1. The second-order valence-electron chi connectivity index (χ2n) is 7.78. The van der Waals surface area contributed by atoms with Crippen LogP contribution in [0.2, 0.25) is 0 Å². The normalized spacial score (nSPS) is 17.1. The fourth-order valence-electron chi connectivity index (χ4n) is 3.16. The molecule has 1 heterocycles. The smallest absolute Gasteiger partial charge is 0.232 e. The van der Waals surface area contributed by atoms with E-state index in [4.69, 9.17) is 9.73 Å². The van der Waals surface area contributed by atoms with Crippen molar-refractivity contribution in [2.75, 3.05) is 12.4 Å². The van der Waals surface area contributed by atoms with Crippen LogP contribution in [0, 0.1) is 13.8 Å². The SMILES string of the molecule is Cc1ccc(C)c(OCCC(=O)N2C(=NCc3ccccc3)SCC2(C)C)c1. The zero-order valence-corrected chi connectivity index (χ0v) is 17.9. The maximum atomic E-state index is 13.0. The molecule has 5 heteroatoms.